The molecule has 2 aromatic rings. The van der Waals surface area contributed by atoms with E-state index in [1.54, 1.807) is 10.9 Å². The molecule has 0 bridgehead atoms. The summed E-state index contributed by atoms with van der Waals surface area (Å²) in [5, 5.41) is 4.13. The molecule has 100 valence electrons. The quantitative estimate of drug-likeness (QED) is 0.892. The third-order valence-corrected chi connectivity index (χ3v) is 2.64. The molecule has 6 heteroatoms. The van der Waals surface area contributed by atoms with Gasteiger partial charge >= 0.3 is 0 Å². The fourth-order valence-corrected chi connectivity index (χ4v) is 1.58. The predicted octanol–water partition coefficient (Wildman–Crippen LogP) is 3.00. The summed E-state index contributed by atoms with van der Waals surface area (Å²) in [7, 11) is 0. The molecule has 18 heavy (non-hydrogen) atoms. The second-order valence-corrected chi connectivity index (χ2v) is 4.14. The first kappa shape index (κ1) is 16.6. The van der Waals surface area contributed by atoms with Crippen LogP contribution in [0.1, 0.15) is 25.3 Å². The highest BCUT2D eigenvalue weighted by molar-refractivity contribution is 5.85. The lowest BCUT2D eigenvalue weighted by Gasteiger charge is -2.08. The Labute approximate surface area is 119 Å². The zero-order valence-corrected chi connectivity index (χ0v) is 12.0. The molecule has 0 fully saturated rings. The van der Waals surface area contributed by atoms with Gasteiger partial charge in [-0.05, 0) is 23.6 Å². The zero-order valence-electron chi connectivity index (χ0n) is 10.3. The van der Waals surface area contributed by atoms with Crippen molar-refractivity contribution in [3.05, 3.63) is 36.0 Å². The number of hydrogen-bond donors (Lipinski definition) is 2. The van der Waals surface area contributed by atoms with Crippen LogP contribution in [0.4, 0.5) is 11.5 Å². The zero-order chi connectivity index (χ0) is 11.7. The molecule has 0 aliphatic rings. The number of benzene rings is 1. The Bertz CT molecular complexity index is 491. The third-order valence-electron chi connectivity index (χ3n) is 2.64. The Morgan fingerprint density at radius 1 is 1.06 bits per heavy atom. The van der Waals surface area contributed by atoms with Gasteiger partial charge in [0.2, 0.25) is 0 Å². The number of nitrogen functional groups attached to an aromatic ring is 2. The summed E-state index contributed by atoms with van der Waals surface area (Å²) in [6.45, 7) is 4.32. The lowest BCUT2D eigenvalue weighted by Crippen LogP contribution is -2.03. The molecule has 4 nitrogen and oxygen atoms in total. The highest BCUT2D eigenvalue weighted by atomic mass is 35.5. The van der Waals surface area contributed by atoms with Crippen molar-refractivity contribution in [1.82, 2.24) is 9.78 Å². The number of aromatic nitrogens is 2. The van der Waals surface area contributed by atoms with Crippen LogP contribution in [0, 0.1) is 0 Å². The standard InChI is InChI=1S/C12H16N4.2ClH/c1-8(2)9-3-5-10(6-4-9)16-12(14)11(13)7-15-16;;/h3-8H,13-14H2,1-2H3;2*1H. The van der Waals surface area contributed by atoms with E-state index >= 15 is 0 Å². The summed E-state index contributed by atoms with van der Waals surface area (Å²) in [6.07, 6.45) is 1.56. The molecule has 0 atom stereocenters. The lowest BCUT2D eigenvalue weighted by molar-refractivity contribution is 0.857. The van der Waals surface area contributed by atoms with Gasteiger partial charge in [-0.1, -0.05) is 26.0 Å². The van der Waals surface area contributed by atoms with E-state index in [9.17, 15) is 0 Å². The third kappa shape index (κ3) is 3.09. The Balaban J connectivity index is 0.00000144. The highest BCUT2D eigenvalue weighted by Gasteiger charge is 2.06. The van der Waals surface area contributed by atoms with Crippen LogP contribution in [0.5, 0.6) is 0 Å². The molecule has 1 aromatic carbocycles. The van der Waals surface area contributed by atoms with Gasteiger partial charge in [-0.2, -0.15) is 5.10 Å². The van der Waals surface area contributed by atoms with Gasteiger partial charge in [0.15, 0.2) is 0 Å². The molecule has 1 heterocycles. The van der Waals surface area contributed by atoms with Crippen LogP contribution in [0.15, 0.2) is 30.5 Å². The topological polar surface area (TPSA) is 69.9 Å². The van der Waals surface area contributed by atoms with Gasteiger partial charge in [0.25, 0.3) is 0 Å². The number of rotatable bonds is 2. The molecule has 0 saturated heterocycles. The molecule has 0 amide bonds. The van der Waals surface area contributed by atoms with Gasteiger partial charge in [0.05, 0.1) is 17.6 Å². The van der Waals surface area contributed by atoms with Crippen LogP contribution in [0.2, 0.25) is 0 Å². The number of halogens is 2. The highest BCUT2D eigenvalue weighted by Crippen LogP contribution is 2.21. The van der Waals surface area contributed by atoms with Gasteiger partial charge < -0.3 is 11.5 Å². The second kappa shape index (κ2) is 6.52. The second-order valence-electron chi connectivity index (χ2n) is 4.14. The summed E-state index contributed by atoms with van der Waals surface area (Å²) in [6, 6.07) is 8.16. The monoisotopic (exact) mass is 288 g/mol. The summed E-state index contributed by atoms with van der Waals surface area (Å²) in [5.41, 5.74) is 14.2. The van der Waals surface area contributed by atoms with E-state index in [1.807, 2.05) is 12.1 Å². The van der Waals surface area contributed by atoms with Crippen LogP contribution in [-0.2, 0) is 0 Å². The molecule has 0 aliphatic carbocycles. The molecule has 4 N–H and O–H groups in total. The first-order chi connectivity index (χ1) is 7.59. The van der Waals surface area contributed by atoms with Crippen molar-refractivity contribution in [2.75, 3.05) is 11.5 Å². The van der Waals surface area contributed by atoms with Crippen LogP contribution < -0.4 is 11.5 Å². The maximum Gasteiger partial charge on any atom is 0.150 e. The summed E-state index contributed by atoms with van der Waals surface area (Å²) < 4.78 is 1.64. The summed E-state index contributed by atoms with van der Waals surface area (Å²) in [4.78, 5) is 0. The Kier molecular flexibility index (Phi) is 6.01. The number of anilines is 2. The molecule has 0 spiro atoms. The first-order valence-electron chi connectivity index (χ1n) is 5.29. The molecule has 0 radical (unpaired) electrons. The van der Waals surface area contributed by atoms with Crippen molar-refractivity contribution in [2.24, 2.45) is 0 Å². The number of nitrogens with zero attached hydrogens (tertiary/aromatic N) is 2. The van der Waals surface area contributed by atoms with Crippen LogP contribution in [0.3, 0.4) is 0 Å². The molecule has 0 aliphatic heterocycles. The maximum atomic E-state index is 5.81. The number of nitrogens with two attached hydrogens (primary N) is 2. The van der Waals surface area contributed by atoms with E-state index in [2.05, 4.69) is 31.1 Å². The van der Waals surface area contributed by atoms with Crippen molar-refractivity contribution in [1.29, 1.82) is 0 Å². The Hall–Kier alpha value is -1.39. The van der Waals surface area contributed by atoms with Crippen molar-refractivity contribution in [3.63, 3.8) is 0 Å². The van der Waals surface area contributed by atoms with Gasteiger partial charge in [0.1, 0.15) is 5.82 Å². The minimum Gasteiger partial charge on any atom is -0.394 e. The van der Waals surface area contributed by atoms with E-state index in [-0.39, 0.29) is 24.8 Å². The van der Waals surface area contributed by atoms with E-state index in [0.717, 1.165) is 5.69 Å². The molecule has 1 aromatic heterocycles. The van der Waals surface area contributed by atoms with Crippen LogP contribution >= 0.6 is 24.8 Å². The van der Waals surface area contributed by atoms with Crippen LogP contribution in [-0.4, -0.2) is 9.78 Å². The number of hydrogen-bond acceptors (Lipinski definition) is 3. The van der Waals surface area contributed by atoms with E-state index in [4.69, 9.17) is 11.5 Å². The minimum absolute atomic E-state index is 0. The summed E-state index contributed by atoms with van der Waals surface area (Å²) in [5.74, 6) is 1.01. The van der Waals surface area contributed by atoms with E-state index < -0.39 is 0 Å². The normalized spacial score (nSPS) is 9.72. The van der Waals surface area contributed by atoms with Crippen molar-refractivity contribution in [3.8, 4) is 5.69 Å². The predicted molar refractivity (Wildman–Crippen MR) is 81.0 cm³/mol. The maximum absolute atomic E-state index is 5.81. The fourth-order valence-electron chi connectivity index (χ4n) is 1.58. The minimum atomic E-state index is 0. The first-order valence-corrected chi connectivity index (χ1v) is 5.29. The van der Waals surface area contributed by atoms with E-state index in [1.165, 1.54) is 5.56 Å². The SMILES string of the molecule is CC(C)c1ccc(-n2ncc(N)c2N)cc1.Cl.Cl. The van der Waals surface area contributed by atoms with Gasteiger partial charge in [-0.3, -0.25) is 0 Å². The average molecular weight is 289 g/mol. The van der Waals surface area contributed by atoms with Crippen LogP contribution in [0.25, 0.3) is 5.69 Å². The Morgan fingerprint density at radius 2 is 1.61 bits per heavy atom. The largest absolute Gasteiger partial charge is 0.394 e. The fraction of sp³-hybridized carbons (Fsp3) is 0.250. The molecular formula is C12H18Cl2N4. The van der Waals surface area contributed by atoms with Gasteiger partial charge in [-0.15, -0.1) is 24.8 Å². The van der Waals surface area contributed by atoms with Gasteiger partial charge in [0, 0.05) is 0 Å². The van der Waals surface area contributed by atoms with Crippen molar-refractivity contribution >= 4 is 36.3 Å². The molecule has 0 saturated carbocycles. The van der Waals surface area contributed by atoms with Gasteiger partial charge in [-0.25, -0.2) is 4.68 Å². The molecular weight excluding hydrogens is 271 g/mol. The lowest BCUT2D eigenvalue weighted by atomic mass is 10.0. The average Bonchev–Trinajstić information content (AvgIpc) is 2.60. The smallest absolute Gasteiger partial charge is 0.150 e. The molecule has 0 unspecified atom stereocenters. The summed E-state index contributed by atoms with van der Waals surface area (Å²) >= 11 is 0. The molecule has 2 rings (SSSR count). The van der Waals surface area contributed by atoms with E-state index in [0.29, 0.717) is 17.4 Å². The van der Waals surface area contributed by atoms with Crippen molar-refractivity contribution < 1.29 is 0 Å². The van der Waals surface area contributed by atoms with Crippen molar-refractivity contribution in [2.45, 2.75) is 19.8 Å². The Morgan fingerprint density at radius 3 is 2.00 bits per heavy atom.